The van der Waals surface area contributed by atoms with Crippen LogP contribution in [-0.4, -0.2) is 16.3 Å². The monoisotopic (exact) mass is 432 g/mol. The molecule has 142 valence electrons. The zero-order valence-corrected chi connectivity index (χ0v) is 17.5. The lowest BCUT2D eigenvalue weighted by atomic mass is 9.95. The van der Waals surface area contributed by atoms with Crippen LogP contribution >= 0.6 is 15.9 Å². The molecule has 0 radical (unpaired) electrons. The third kappa shape index (κ3) is 6.34. The first-order chi connectivity index (χ1) is 13.7. The molecule has 0 amide bonds. The van der Waals surface area contributed by atoms with Crippen LogP contribution in [0.15, 0.2) is 91.0 Å². The predicted molar refractivity (Wildman–Crippen MR) is 119 cm³/mol. The number of hydrogen-bond donors (Lipinski definition) is 0. The predicted octanol–water partition coefficient (Wildman–Crippen LogP) is 6.15. The smallest absolute Gasteiger partial charge is 0.0723 e. The van der Waals surface area contributed by atoms with Crippen molar-refractivity contribution >= 4 is 15.9 Å². The van der Waals surface area contributed by atoms with Crippen LogP contribution in [0, 0.1) is 11.3 Å². The topological polar surface area (TPSA) is 27.0 Å². The minimum atomic E-state index is -0.0964. The number of alkyl halides is 1. The number of rotatable bonds is 9. The van der Waals surface area contributed by atoms with Crippen molar-refractivity contribution in [1.29, 1.82) is 5.26 Å². The molecule has 0 bridgehead atoms. The van der Waals surface area contributed by atoms with Crippen molar-refractivity contribution in [1.82, 2.24) is 4.90 Å². The maximum absolute atomic E-state index is 9.65. The summed E-state index contributed by atoms with van der Waals surface area (Å²) in [5.41, 5.74) is 3.70. The Balaban J connectivity index is 1.68. The van der Waals surface area contributed by atoms with Gasteiger partial charge in [0.2, 0.25) is 0 Å². The highest BCUT2D eigenvalue weighted by Crippen LogP contribution is 2.25. The Morgan fingerprint density at radius 2 is 1.21 bits per heavy atom. The van der Waals surface area contributed by atoms with E-state index in [1.165, 1.54) is 11.1 Å². The molecule has 3 rings (SSSR count). The van der Waals surface area contributed by atoms with Gasteiger partial charge in [0.05, 0.1) is 12.0 Å². The molecule has 0 N–H and O–H groups in total. The first-order valence-corrected chi connectivity index (χ1v) is 10.5. The molecule has 0 aliphatic rings. The van der Waals surface area contributed by atoms with Gasteiger partial charge in [-0.25, -0.2) is 0 Å². The van der Waals surface area contributed by atoms with E-state index in [0.717, 1.165) is 31.6 Å². The zero-order valence-electron chi connectivity index (χ0n) is 15.9. The van der Waals surface area contributed by atoms with E-state index in [4.69, 9.17) is 0 Å². The minimum absolute atomic E-state index is 0.0964. The Bertz CT molecular complexity index is 818. The Kier molecular flexibility index (Phi) is 7.84. The third-order valence-corrected chi connectivity index (χ3v) is 5.47. The lowest BCUT2D eigenvalue weighted by Crippen LogP contribution is -2.30. The summed E-state index contributed by atoms with van der Waals surface area (Å²) in [5.74, 6) is -0.0964. The van der Waals surface area contributed by atoms with E-state index in [0.29, 0.717) is 0 Å². The molecular weight excluding hydrogens is 408 g/mol. The lowest BCUT2D eigenvalue weighted by Gasteiger charge is -2.26. The van der Waals surface area contributed by atoms with Crippen LogP contribution in [0.5, 0.6) is 0 Å². The molecule has 2 atom stereocenters. The van der Waals surface area contributed by atoms with E-state index < -0.39 is 0 Å². The first-order valence-electron chi connectivity index (χ1n) is 9.63. The van der Waals surface area contributed by atoms with Crippen LogP contribution in [0.3, 0.4) is 0 Å². The summed E-state index contributed by atoms with van der Waals surface area (Å²) in [5, 5.41) is 9.65. The third-order valence-electron chi connectivity index (χ3n) is 4.80. The van der Waals surface area contributed by atoms with Crippen molar-refractivity contribution < 1.29 is 0 Å². The van der Waals surface area contributed by atoms with Crippen molar-refractivity contribution in [3.63, 3.8) is 0 Å². The second-order valence-corrected chi connectivity index (χ2v) is 8.36. The van der Waals surface area contributed by atoms with Gasteiger partial charge in [0.25, 0.3) is 0 Å². The SMILES string of the molecule is N#CC(CC(Br)CN(Cc1ccccc1)Cc1ccccc1)c1ccccc1. The van der Waals surface area contributed by atoms with E-state index >= 15 is 0 Å². The number of nitrogens with zero attached hydrogens (tertiary/aromatic N) is 2. The molecule has 2 nitrogen and oxygen atoms in total. The summed E-state index contributed by atoms with van der Waals surface area (Å²) < 4.78 is 0. The van der Waals surface area contributed by atoms with Crippen molar-refractivity contribution in [2.75, 3.05) is 6.54 Å². The number of hydrogen-bond acceptors (Lipinski definition) is 2. The summed E-state index contributed by atoms with van der Waals surface area (Å²) in [4.78, 5) is 2.69. The fraction of sp³-hybridized carbons (Fsp3) is 0.240. The molecule has 3 aromatic carbocycles. The van der Waals surface area contributed by atoms with E-state index in [2.05, 4.69) is 87.6 Å². The van der Waals surface area contributed by atoms with Crippen molar-refractivity contribution in [2.24, 2.45) is 0 Å². The highest BCUT2D eigenvalue weighted by Gasteiger charge is 2.19. The number of nitriles is 1. The largest absolute Gasteiger partial charge is 0.294 e. The van der Waals surface area contributed by atoms with Gasteiger partial charge in [-0.3, -0.25) is 4.90 Å². The van der Waals surface area contributed by atoms with Crippen molar-refractivity contribution in [3.8, 4) is 6.07 Å². The molecule has 0 aliphatic heterocycles. The normalized spacial score (nSPS) is 13.0. The second-order valence-electron chi connectivity index (χ2n) is 7.07. The summed E-state index contributed by atoms with van der Waals surface area (Å²) in [7, 11) is 0. The fourth-order valence-electron chi connectivity index (χ4n) is 3.43. The molecule has 28 heavy (non-hydrogen) atoms. The van der Waals surface area contributed by atoms with Crippen LogP contribution in [0.2, 0.25) is 0 Å². The average Bonchev–Trinajstić information content (AvgIpc) is 2.74. The summed E-state index contributed by atoms with van der Waals surface area (Å²) in [6, 6.07) is 33.7. The Hall–Kier alpha value is -2.41. The molecule has 0 aromatic heterocycles. The molecule has 0 saturated heterocycles. The van der Waals surface area contributed by atoms with E-state index in [1.807, 2.05) is 30.3 Å². The molecule has 0 spiro atoms. The quantitative estimate of drug-likeness (QED) is 0.379. The Labute approximate surface area is 176 Å². The van der Waals surface area contributed by atoms with Crippen molar-refractivity contribution in [3.05, 3.63) is 108 Å². The lowest BCUT2D eigenvalue weighted by molar-refractivity contribution is 0.255. The van der Waals surface area contributed by atoms with Crippen molar-refractivity contribution in [2.45, 2.75) is 30.3 Å². The first kappa shape index (κ1) is 20.3. The fourth-order valence-corrected chi connectivity index (χ4v) is 4.21. The highest BCUT2D eigenvalue weighted by atomic mass is 79.9. The van der Waals surface area contributed by atoms with Gasteiger partial charge >= 0.3 is 0 Å². The number of benzene rings is 3. The van der Waals surface area contributed by atoms with Gasteiger partial charge < -0.3 is 0 Å². The second kappa shape index (κ2) is 10.8. The maximum Gasteiger partial charge on any atom is 0.0723 e. The van der Waals surface area contributed by atoms with E-state index in [9.17, 15) is 5.26 Å². The molecule has 3 heteroatoms. The van der Waals surface area contributed by atoms with Crippen LogP contribution in [0.25, 0.3) is 0 Å². The zero-order chi connectivity index (χ0) is 19.6. The molecule has 2 unspecified atom stereocenters. The molecule has 0 heterocycles. The van der Waals surface area contributed by atoms with Crippen LogP contribution in [-0.2, 0) is 13.1 Å². The van der Waals surface area contributed by atoms with Crippen LogP contribution in [0.1, 0.15) is 29.0 Å². The Morgan fingerprint density at radius 1 is 0.750 bits per heavy atom. The molecular formula is C25H25BrN2. The van der Waals surface area contributed by atoms with Gasteiger partial charge in [-0.1, -0.05) is 107 Å². The molecule has 3 aromatic rings. The van der Waals surface area contributed by atoms with Gasteiger partial charge in [0.1, 0.15) is 0 Å². The van der Waals surface area contributed by atoms with Gasteiger partial charge in [-0.2, -0.15) is 5.26 Å². The summed E-state index contributed by atoms with van der Waals surface area (Å²) >= 11 is 3.85. The van der Waals surface area contributed by atoms with Gasteiger partial charge in [0.15, 0.2) is 0 Å². The summed E-state index contributed by atoms with van der Waals surface area (Å²) in [6.07, 6.45) is 0.792. The van der Waals surface area contributed by atoms with Crippen LogP contribution in [0.4, 0.5) is 0 Å². The average molecular weight is 433 g/mol. The molecule has 0 aliphatic carbocycles. The van der Waals surface area contributed by atoms with Gasteiger partial charge in [-0.05, 0) is 23.1 Å². The standard InChI is InChI=1S/C25H25BrN2/c26-25(16-24(17-27)23-14-8-3-9-15-23)20-28(18-21-10-4-1-5-11-21)19-22-12-6-2-7-13-22/h1-15,24-25H,16,18-20H2. The van der Waals surface area contributed by atoms with Gasteiger partial charge in [-0.15, -0.1) is 0 Å². The Morgan fingerprint density at radius 3 is 1.68 bits per heavy atom. The van der Waals surface area contributed by atoms with Crippen LogP contribution < -0.4 is 0 Å². The van der Waals surface area contributed by atoms with E-state index in [-0.39, 0.29) is 10.7 Å². The minimum Gasteiger partial charge on any atom is -0.294 e. The maximum atomic E-state index is 9.65. The highest BCUT2D eigenvalue weighted by molar-refractivity contribution is 9.09. The van der Waals surface area contributed by atoms with E-state index in [1.54, 1.807) is 0 Å². The number of halogens is 1. The molecule has 0 fully saturated rings. The van der Waals surface area contributed by atoms with Gasteiger partial charge in [0, 0.05) is 24.5 Å². The summed E-state index contributed by atoms with van der Waals surface area (Å²) in [6.45, 7) is 2.66. The molecule has 0 saturated carbocycles.